The molecule has 3 nitrogen and oxygen atoms in total. The number of thiocarbonyl (C=S) groups is 1. The Bertz CT molecular complexity index is 563. The number of thiol groups is 1. The van der Waals surface area contributed by atoms with Crippen molar-refractivity contribution in [2.24, 2.45) is 0 Å². The fraction of sp³-hybridized carbons (Fsp3) is 0.167. The van der Waals surface area contributed by atoms with Crippen LogP contribution in [-0.4, -0.2) is 21.0 Å². The summed E-state index contributed by atoms with van der Waals surface area (Å²) >= 11 is 9.18. The van der Waals surface area contributed by atoms with E-state index in [-0.39, 0.29) is 0 Å². The van der Waals surface area contributed by atoms with Crippen LogP contribution >= 0.6 is 24.8 Å². The molecule has 0 aliphatic carbocycles. The highest BCUT2D eigenvalue weighted by Gasteiger charge is 2.08. The lowest BCUT2D eigenvalue weighted by atomic mass is 10.1. The number of rotatable bonds is 2. The zero-order valence-electron chi connectivity index (χ0n) is 9.54. The molecule has 0 aliphatic heterocycles. The van der Waals surface area contributed by atoms with Crippen LogP contribution in [-0.2, 0) is 0 Å². The molecule has 1 heterocycles. The molecule has 0 aliphatic rings. The van der Waals surface area contributed by atoms with E-state index in [0.717, 1.165) is 22.8 Å². The minimum Gasteiger partial charge on any atom is -0.497 e. The molecular weight excluding hydrogens is 252 g/mol. The van der Waals surface area contributed by atoms with Gasteiger partial charge < -0.3 is 4.74 Å². The molecule has 0 unspecified atom stereocenters. The Hall–Kier alpha value is -1.33. The largest absolute Gasteiger partial charge is 0.497 e. The van der Waals surface area contributed by atoms with Crippen molar-refractivity contribution in [1.29, 1.82) is 0 Å². The Morgan fingerprint density at radius 2 is 2.24 bits per heavy atom. The summed E-state index contributed by atoms with van der Waals surface area (Å²) in [6, 6.07) is 7.75. The first kappa shape index (κ1) is 12.1. The second-order valence-electron chi connectivity index (χ2n) is 3.56. The number of methoxy groups -OCH3 is 1. The zero-order chi connectivity index (χ0) is 12.4. The summed E-state index contributed by atoms with van der Waals surface area (Å²) in [6.45, 7) is 1.90. The maximum absolute atomic E-state index is 5.19. The highest BCUT2D eigenvalue weighted by Crippen LogP contribution is 2.23. The van der Waals surface area contributed by atoms with Gasteiger partial charge in [0.25, 0.3) is 0 Å². The number of aromatic nitrogens is 2. The topological polar surface area (TPSA) is 27.1 Å². The van der Waals surface area contributed by atoms with E-state index >= 15 is 0 Å². The summed E-state index contributed by atoms with van der Waals surface area (Å²) in [6.07, 6.45) is 1.87. The minimum absolute atomic E-state index is 0.490. The maximum Gasteiger partial charge on any atom is 0.142 e. The van der Waals surface area contributed by atoms with E-state index in [4.69, 9.17) is 17.0 Å². The lowest BCUT2D eigenvalue weighted by Crippen LogP contribution is -2.01. The van der Waals surface area contributed by atoms with Crippen LogP contribution in [0.4, 0.5) is 0 Å². The summed E-state index contributed by atoms with van der Waals surface area (Å²) in [5, 5.41) is 0. The molecule has 2 rings (SSSR count). The molecule has 0 spiro atoms. The second kappa shape index (κ2) is 4.89. The fourth-order valence-electron chi connectivity index (χ4n) is 1.59. The van der Waals surface area contributed by atoms with E-state index in [0.29, 0.717) is 4.32 Å². The van der Waals surface area contributed by atoms with Gasteiger partial charge in [-0.05, 0) is 19.1 Å². The summed E-state index contributed by atoms with van der Waals surface area (Å²) in [7, 11) is 1.64. The third-order valence-corrected chi connectivity index (χ3v) is 2.87. The van der Waals surface area contributed by atoms with Crippen LogP contribution in [0.5, 0.6) is 5.75 Å². The Balaban J connectivity index is 2.46. The van der Waals surface area contributed by atoms with Crippen LogP contribution in [0.25, 0.3) is 11.3 Å². The number of benzene rings is 1. The average molecular weight is 264 g/mol. The van der Waals surface area contributed by atoms with E-state index in [9.17, 15) is 0 Å². The molecule has 17 heavy (non-hydrogen) atoms. The highest BCUT2D eigenvalue weighted by molar-refractivity contribution is 8.11. The van der Waals surface area contributed by atoms with Gasteiger partial charge in [0.05, 0.1) is 12.8 Å². The molecule has 0 bridgehead atoms. The molecule has 0 fully saturated rings. The molecule has 0 radical (unpaired) electrons. The van der Waals surface area contributed by atoms with Gasteiger partial charge in [0.2, 0.25) is 0 Å². The fourth-order valence-corrected chi connectivity index (χ4v) is 1.98. The molecule has 0 saturated carbocycles. The first-order valence-corrected chi connectivity index (χ1v) is 5.91. The maximum atomic E-state index is 5.19. The first-order valence-electron chi connectivity index (χ1n) is 5.05. The smallest absolute Gasteiger partial charge is 0.142 e. The molecule has 0 amide bonds. The van der Waals surface area contributed by atoms with Crippen molar-refractivity contribution >= 4 is 29.2 Å². The normalized spacial score (nSPS) is 10.3. The van der Waals surface area contributed by atoms with Gasteiger partial charge >= 0.3 is 0 Å². The van der Waals surface area contributed by atoms with Gasteiger partial charge in [0, 0.05) is 11.8 Å². The van der Waals surface area contributed by atoms with Gasteiger partial charge in [-0.2, -0.15) is 0 Å². The number of imidazole rings is 1. The van der Waals surface area contributed by atoms with Crippen LogP contribution in [0.1, 0.15) is 5.82 Å². The minimum atomic E-state index is 0.490. The van der Waals surface area contributed by atoms with E-state index in [1.165, 1.54) is 0 Å². The quantitative estimate of drug-likeness (QED) is 0.667. The van der Waals surface area contributed by atoms with Crippen LogP contribution in [0.2, 0.25) is 0 Å². The zero-order valence-corrected chi connectivity index (χ0v) is 11.3. The van der Waals surface area contributed by atoms with Gasteiger partial charge in [0.15, 0.2) is 0 Å². The molecule has 0 N–H and O–H groups in total. The van der Waals surface area contributed by atoms with E-state index in [1.807, 2.05) is 37.4 Å². The lowest BCUT2D eigenvalue weighted by molar-refractivity contribution is 0.415. The first-order chi connectivity index (χ1) is 8.11. The van der Waals surface area contributed by atoms with Crippen molar-refractivity contribution in [2.75, 3.05) is 7.11 Å². The summed E-state index contributed by atoms with van der Waals surface area (Å²) in [5.41, 5.74) is 1.86. The van der Waals surface area contributed by atoms with Crippen molar-refractivity contribution in [3.63, 3.8) is 0 Å². The van der Waals surface area contributed by atoms with Gasteiger partial charge in [0.1, 0.15) is 15.9 Å². The molecule has 5 heteroatoms. The monoisotopic (exact) mass is 264 g/mol. The second-order valence-corrected chi connectivity index (χ2v) is 4.67. The SMILES string of the molecule is COc1cccc(-c2cn(C(=S)S)c(C)n2)c1. The summed E-state index contributed by atoms with van der Waals surface area (Å²) in [4.78, 5) is 4.45. The van der Waals surface area contributed by atoms with Gasteiger partial charge in [-0.1, -0.05) is 24.4 Å². The van der Waals surface area contributed by atoms with Gasteiger partial charge in [-0.3, -0.25) is 4.57 Å². The Labute approximate surface area is 111 Å². The highest BCUT2D eigenvalue weighted by atomic mass is 32.1. The van der Waals surface area contributed by atoms with E-state index in [1.54, 1.807) is 11.7 Å². The molecular formula is C12H12N2OS2. The van der Waals surface area contributed by atoms with Crippen LogP contribution in [0.3, 0.4) is 0 Å². The van der Waals surface area contributed by atoms with E-state index < -0.39 is 0 Å². The Morgan fingerprint density at radius 1 is 1.47 bits per heavy atom. The number of ether oxygens (including phenoxy) is 1. The number of aryl methyl sites for hydroxylation is 1. The van der Waals surface area contributed by atoms with Crippen molar-refractivity contribution in [1.82, 2.24) is 9.55 Å². The standard InChI is InChI=1S/C12H12N2OS2/c1-8-13-11(7-14(8)12(16)17)9-4-3-5-10(6-9)15-2/h3-7H,1-2H3,(H,16,17). The molecule has 2 aromatic rings. The van der Waals surface area contributed by atoms with Crippen molar-refractivity contribution < 1.29 is 4.74 Å². The molecule has 1 aromatic heterocycles. The molecule has 0 saturated heterocycles. The number of nitrogens with zero attached hydrogens (tertiary/aromatic N) is 2. The molecule has 0 atom stereocenters. The summed E-state index contributed by atoms with van der Waals surface area (Å²) < 4.78 is 7.45. The predicted molar refractivity (Wildman–Crippen MR) is 75.9 cm³/mol. The number of hydrogen-bond acceptors (Lipinski definition) is 3. The van der Waals surface area contributed by atoms with Crippen molar-refractivity contribution in [3.8, 4) is 17.0 Å². The predicted octanol–water partition coefficient (Wildman–Crippen LogP) is 2.93. The van der Waals surface area contributed by atoms with E-state index in [2.05, 4.69) is 17.6 Å². The lowest BCUT2D eigenvalue weighted by Gasteiger charge is -2.01. The molecule has 88 valence electrons. The summed E-state index contributed by atoms with van der Waals surface area (Å²) in [5.74, 6) is 1.63. The Kier molecular flexibility index (Phi) is 3.49. The van der Waals surface area contributed by atoms with Gasteiger partial charge in [-0.15, -0.1) is 12.6 Å². The Morgan fingerprint density at radius 3 is 2.82 bits per heavy atom. The van der Waals surface area contributed by atoms with Crippen molar-refractivity contribution in [2.45, 2.75) is 6.92 Å². The van der Waals surface area contributed by atoms with Crippen LogP contribution in [0, 0.1) is 6.92 Å². The van der Waals surface area contributed by atoms with Crippen LogP contribution in [0.15, 0.2) is 30.5 Å². The van der Waals surface area contributed by atoms with Crippen molar-refractivity contribution in [3.05, 3.63) is 36.3 Å². The third-order valence-electron chi connectivity index (χ3n) is 2.45. The van der Waals surface area contributed by atoms with Gasteiger partial charge in [-0.25, -0.2) is 4.98 Å². The average Bonchev–Trinajstić information content (AvgIpc) is 2.71. The van der Waals surface area contributed by atoms with Crippen LogP contribution < -0.4 is 4.74 Å². The molecule has 1 aromatic carbocycles. The number of hydrogen-bond donors (Lipinski definition) is 1. The third kappa shape index (κ3) is 2.50.